The number of thioether (sulfide) groups is 1. The molecule has 1 aliphatic heterocycles. The van der Waals surface area contributed by atoms with Gasteiger partial charge >= 0.3 is 12.0 Å². The van der Waals surface area contributed by atoms with Crippen LogP contribution >= 0.6 is 11.8 Å². The van der Waals surface area contributed by atoms with Crippen molar-refractivity contribution in [1.82, 2.24) is 4.90 Å². The van der Waals surface area contributed by atoms with Gasteiger partial charge in [0.15, 0.2) is 0 Å². The minimum Gasteiger partial charge on any atom is -0.465 e. The maximum absolute atomic E-state index is 12.6. The molecule has 0 spiro atoms. The molecule has 2 aromatic rings. The van der Waals surface area contributed by atoms with E-state index in [0.717, 1.165) is 13.1 Å². The summed E-state index contributed by atoms with van der Waals surface area (Å²) in [6, 6.07) is 14.9. The van der Waals surface area contributed by atoms with Gasteiger partial charge in [0, 0.05) is 36.8 Å². The molecule has 0 bridgehead atoms. The summed E-state index contributed by atoms with van der Waals surface area (Å²) in [6.07, 6.45) is 2.07. The van der Waals surface area contributed by atoms with E-state index in [-0.39, 0.29) is 6.03 Å². The van der Waals surface area contributed by atoms with E-state index in [9.17, 15) is 9.59 Å². The lowest BCUT2D eigenvalue weighted by molar-refractivity contribution is 0.0600. The number of anilines is 2. The Morgan fingerprint density at radius 2 is 1.78 bits per heavy atom. The van der Waals surface area contributed by atoms with Gasteiger partial charge in [-0.3, -0.25) is 0 Å². The average molecular weight is 385 g/mol. The number of urea groups is 1. The van der Waals surface area contributed by atoms with Gasteiger partial charge in [-0.1, -0.05) is 18.2 Å². The Balaban J connectivity index is 1.60. The molecule has 0 aliphatic carbocycles. The Morgan fingerprint density at radius 1 is 1.04 bits per heavy atom. The number of ether oxygens (including phenoxy) is 1. The molecule has 2 aromatic carbocycles. The maximum atomic E-state index is 12.6. The third kappa shape index (κ3) is 4.54. The number of benzene rings is 2. The average Bonchev–Trinajstić information content (AvgIpc) is 2.73. The number of methoxy groups -OCH3 is 1. The molecule has 0 unspecified atom stereocenters. The standard InChI is InChI=1S/C20H23N3O3S/c1-26-19(24)15-6-5-7-16(14-15)21-20(25)23-12-10-22(11-13-23)17-8-3-4-9-18(17)27-2/h3-9,14H,10-13H2,1-2H3,(H,21,25). The first-order chi connectivity index (χ1) is 13.1. The number of para-hydroxylation sites is 1. The molecule has 27 heavy (non-hydrogen) atoms. The van der Waals surface area contributed by atoms with E-state index in [1.807, 2.05) is 12.1 Å². The highest BCUT2D eigenvalue weighted by Crippen LogP contribution is 2.29. The Hall–Kier alpha value is -2.67. The highest BCUT2D eigenvalue weighted by Gasteiger charge is 2.22. The van der Waals surface area contributed by atoms with Crippen LogP contribution in [-0.4, -0.2) is 56.4 Å². The lowest BCUT2D eigenvalue weighted by Crippen LogP contribution is -2.50. The second-order valence-corrected chi connectivity index (χ2v) is 7.00. The van der Waals surface area contributed by atoms with Crippen LogP contribution in [0.5, 0.6) is 0 Å². The van der Waals surface area contributed by atoms with E-state index in [0.29, 0.717) is 24.3 Å². The summed E-state index contributed by atoms with van der Waals surface area (Å²) in [7, 11) is 1.34. The smallest absolute Gasteiger partial charge is 0.337 e. The van der Waals surface area contributed by atoms with Crippen LogP contribution in [0.4, 0.5) is 16.2 Å². The molecule has 2 amide bonds. The number of amides is 2. The van der Waals surface area contributed by atoms with Gasteiger partial charge < -0.3 is 19.9 Å². The number of piperazine rings is 1. The third-order valence-corrected chi connectivity index (χ3v) is 5.31. The van der Waals surface area contributed by atoms with E-state index >= 15 is 0 Å². The predicted molar refractivity (Wildman–Crippen MR) is 109 cm³/mol. The van der Waals surface area contributed by atoms with Crippen LogP contribution in [0, 0.1) is 0 Å². The van der Waals surface area contributed by atoms with Crippen molar-refractivity contribution in [1.29, 1.82) is 0 Å². The maximum Gasteiger partial charge on any atom is 0.337 e. The van der Waals surface area contributed by atoms with E-state index in [4.69, 9.17) is 4.74 Å². The van der Waals surface area contributed by atoms with E-state index in [1.165, 1.54) is 17.7 Å². The minimum absolute atomic E-state index is 0.158. The lowest BCUT2D eigenvalue weighted by Gasteiger charge is -2.36. The summed E-state index contributed by atoms with van der Waals surface area (Å²) in [5.41, 5.74) is 2.21. The van der Waals surface area contributed by atoms with Crippen molar-refractivity contribution in [3.05, 3.63) is 54.1 Å². The van der Waals surface area contributed by atoms with E-state index in [2.05, 4.69) is 28.6 Å². The van der Waals surface area contributed by atoms with Crippen molar-refractivity contribution in [2.45, 2.75) is 4.90 Å². The highest BCUT2D eigenvalue weighted by molar-refractivity contribution is 7.98. The molecular formula is C20H23N3O3S. The molecule has 1 fully saturated rings. The van der Waals surface area contributed by atoms with Crippen molar-refractivity contribution in [2.24, 2.45) is 0 Å². The van der Waals surface area contributed by atoms with Gasteiger partial charge in [-0.2, -0.15) is 0 Å². The van der Waals surface area contributed by atoms with Crippen molar-refractivity contribution in [3.8, 4) is 0 Å². The monoisotopic (exact) mass is 385 g/mol. The summed E-state index contributed by atoms with van der Waals surface area (Å²) >= 11 is 1.73. The van der Waals surface area contributed by atoms with Gasteiger partial charge in [0.25, 0.3) is 0 Å². The normalized spacial score (nSPS) is 14.0. The van der Waals surface area contributed by atoms with Gasteiger partial charge in [0.05, 0.1) is 18.4 Å². The molecular weight excluding hydrogens is 362 g/mol. The summed E-state index contributed by atoms with van der Waals surface area (Å²) in [5, 5.41) is 2.86. The van der Waals surface area contributed by atoms with Crippen molar-refractivity contribution in [3.63, 3.8) is 0 Å². The minimum atomic E-state index is -0.424. The molecule has 6 nitrogen and oxygen atoms in total. The fraction of sp³-hybridized carbons (Fsp3) is 0.300. The topological polar surface area (TPSA) is 61.9 Å². The first-order valence-corrected chi connectivity index (χ1v) is 9.97. The fourth-order valence-corrected chi connectivity index (χ4v) is 3.71. The zero-order chi connectivity index (χ0) is 19.2. The summed E-state index contributed by atoms with van der Waals surface area (Å²) in [4.78, 5) is 29.5. The predicted octanol–water partition coefficient (Wildman–Crippen LogP) is 3.55. The lowest BCUT2D eigenvalue weighted by atomic mass is 10.2. The number of hydrogen-bond acceptors (Lipinski definition) is 5. The van der Waals surface area contributed by atoms with E-state index in [1.54, 1.807) is 40.9 Å². The van der Waals surface area contributed by atoms with Gasteiger partial charge in [0.1, 0.15) is 0 Å². The fourth-order valence-electron chi connectivity index (χ4n) is 3.09. The number of hydrogen-bond donors (Lipinski definition) is 1. The number of carbonyl (C=O) groups is 2. The molecule has 0 atom stereocenters. The molecule has 1 N–H and O–H groups in total. The van der Waals surface area contributed by atoms with Crippen LogP contribution in [0.3, 0.4) is 0 Å². The molecule has 1 aliphatic rings. The molecule has 1 saturated heterocycles. The van der Waals surface area contributed by atoms with Gasteiger partial charge in [0.2, 0.25) is 0 Å². The van der Waals surface area contributed by atoms with Crippen molar-refractivity contribution in [2.75, 3.05) is 49.8 Å². The van der Waals surface area contributed by atoms with Crippen LogP contribution in [0.25, 0.3) is 0 Å². The van der Waals surface area contributed by atoms with Crippen LogP contribution in [0.1, 0.15) is 10.4 Å². The number of carbonyl (C=O) groups excluding carboxylic acids is 2. The number of rotatable bonds is 4. The first kappa shape index (κ1) is 19.1. The SMILES string of the molecule is COC(=O)c1cccc(NC(=O)N2CCN(c3ccccc3SC)CC2)c1. The Labute approximate surface area is 163 Å². The van der Waals surface area contributed by atoms with Gasteiger partial charge in [-0.05, 0) is 36.6 Å². The largest absolute Gasteiger partial charge is 0.465 e. The van der Waals surface area contributed by atoms with Crippen molar-refractivity contribution >= 4 is 35.1 Å². The van der Waals surface area contributed by atoms with Crippen LogP contribution in [0.15, 0.2) is 53.4 Å². The van der Waals surface area contributed by atoms with E-state index < -0.39 is 5.97 Å². The summed E-state index contributed by atoms with van der Waals surface area (Å²) in [6.45, 7) is 2.86. The zero-order valence-corrected chi connectivity index (χ0v) is 16.3. The quantitative estimate of drug-likeness (QED) is 0.644. The Kier molecular flexibility index (Phi) is 6.24. The molecule has 0 saturated carbocycles. The van der Waals surface area contributed by atoms with Crippen LogP contribution < -0.4 is 10.2 Å². The number of esters is 1. The molecule has 7 heteroatoms. The number of nitrogens with zero attached hydrogens (tertiary/aromatic N) is 2. The molecule has 142 valence electrons. The van der Waals surface area contributed by atoms with Crippen molar-refractivity contribution < 1.29 is 14.3 Å². The van der Waals surface area contributed by atoms with Gasteiger partial charge in [-0.15, -0.1) is 11.8 Å². The highest BCUT2D eigenvalue weighted by atomic mass is 32.2. The molecule has 0 aromatic heterocycles. The summed E-state index contributed by atoms with van der Waals surface area (Å²) in [5.74, 6) is -0.424. The van der Waals surface area contributed by atoms with Gasteiger partial charge in [-0.25, -0.2) is 9.59 Å². The molecule has 3 rings (SSSR count). The second-order valence-electron chi connectivity index (χ2n) is 6.15. The third-order valence-electron chi connectivity index (χ3n) is 4.53. The Morgan fingerprint density at radius 3 is 2.48 bits per heavy atom. The van der Waals surface area contributed by atoms with Crippen LogP contribution in [0.2, 0.25) is 0 Å². The Bertz CT molecular complexity index is 820. The zero-order valence-electron chi connectivity index (χ0n) is 15.5. The first-order valence-electron chi connectivity index (χ1n) is 8.74. The second kappa shape index (κ2) is 8.81. The molecule has 1 heterocycles. The number of nitrogens with one attached hydrogen (secondary N) is 1. The molecule has 0 radical (unpaired) electrons. The summed E-state index contributed by atoms with van der Waals surface area (Å²) < 4.78 is 4.72. The van der Waals surface area contributed by atoms with Crippen LogP contribution in [-0.2, 0) is 4.74 Å².